The number of nitrogens with zero attached hydrogens (tertiary/aromatic N) is 1. The van der Waals surface area contributed by atoms with Gasteiger partial charge in [-0.2, -0.15) is 0 Å². The Bertz CT molecular complexity index is 678. The number of rotatable bonds is 6. The van der Waals surface area contributed by atoms with Gasteiger partial charge in [0.1, 0.15) is 17.2 Å². The summed E-state index contributed by atoms with van der Waals surface area (Å²) in [4.78, 5) is 16.7. The van der Waals surface area contributed by atoms with Gasteiger partial charge in [-0.05, 0) is 19.1 Å². The molecule has 2 aromatic rings. The lowest BCUT2D eigenvalue weighted by atomic mass is 10.1. The SMILES string of the molecule is COc1ccc(N=C(C)CC(=O)c2ccccc2)c(OC)c1. The highest BCUT2D eigenvalue weighted by Gasteiger charge is 2.09. The first-order chi connectivity index (χ1) is 10.6. The standard InChI is InChI=1S/C18H19NO3/c1-13(11-17(20)14-7-5-4-6-8-14)19-16-10-9-15(21-2)12-18(16)22-3/h4-10,12H,11H2,1-3H3. The molecule has 22 heavy (non-hydrogen) atoms. The molecule has 114 valence electrons. The van der Waals surface area contributed by atoms with Crippen LogP contribution in [0.15, 0.2) is 53.5 Å². The monoisotopic (exact) mass is 297 g/mol. The lowest BCUT2D eigenvalue weighted by Gasteiger charge is -2.08. The highest BCUT2D eigenvalue weighted by Crippen LogP contribution is 2.31. The zero-order valence-electron chi connectivity index (χ0n) is 13.0. The zero-order chi connectivity index (χ0) is 15.9. The molecule has 0 aliphatic rings. The van der Waals surface area contributed by atoms with Gasteiger partial charge < -0.3 is 9.47 Å². The topological polar surface area (TPSA) is 47.9 Å². The fourth-order valence-corrected chi connectivity index (χ4v) is 2.08. The van der Waals surface area contributed by atoms with Crippen LogP contribution in [0.5, 0.6) is 11.5 Å². The first kappa shape index (κ1) is 15.8. The van der Waals surface area contributed by atoms with E-state index in [9.17, 15) is 4.79 Å². The number of carbonyl (C=O) groups is 1. The van der Waals surface area contributed by atoms with Gasteiger partial charge in [-0.3, -0.25) is 9.79 Å². The predicted molar refractivity (Wildman–Crippen MR) is 87.7 cm³/mol. The summed E-state index contributed by atoms with van der Waals surface area (Å²) in [7, 11) is 3.18. The Morgan fingerprint density at radius 2 is 1.77 bits per heavy atom. The van der Waals surface area contributed by atoms with Crippen LogP contribution >= 0.6 is 0 Å². The number of aliphatic imine (C=N–C) groups is 1. The molecule has 0 saturated heterocycles. The quantitative estimate of drug-likeness (QED) is 0.596. The third kappa shape index (κ3) is 3.95. The first-order valence-electron chi connectivity index (χ1n) is 6.98. The van der Waals surface area contributed by atoms with E-state index in [1.165, 1.54) is 0 Å². The molecule has 2 rings (SSSR count). The van der Waals surface area contributed by atoms with Crippen molar-refractivity contribution in [3.63, 3.8) is 0 Å². The molecule has 0 spiro atoms. The number of carbonyl (C=O) groups excluding carboxylic acids is 1. The minimum atomic E-state index is 0.0503. The van der Waals surface area contributed by atoms with Crippen molar-refractivity contribution in [2.45, 2.75) is 13.3 Å². The average molecular weight is 297 g/mol. The van der Waals surface area contributed by atoms with Crippen molar-refractivity contribution in [1.82, 2.24) is 0 Å². The largest absolute Gasteiger partial charge is 0.497 e. The fourth-order valence-electron chi connectivity index (χ4n) is 2.08. The van der Waals surface area contributed by atoms with E-state index in [-0.39, 0.29) is 12.2 Å². The molecule has 4 nitrogen and oxygen atoms in total. The second-order valence-electron chi connectivity index (χ2n) is 4.85. The fraction of sp³-hybridized carbons (Fsp3) is 0.222. The third-order valence-electron chi connectivity index (χ3n) is 3.21. The number of methoxy groups -OCH3 is 2. The maximum Gasteiger partial charge on any atom is 0.168 e. The molecular formula is C18H19NO3. The summed E-state index contributed by atoms with van der Waals surface area (Å²) >= 11 is 0. The van der Waals surface area contributed by atoms with Gasteiger partial charge in [-0.25, -0.2) is 0 Å². The van der Waals surface area contributed by atoms with Gasteiger partial charge in [0.25, 0.3) is 0 Å². The van der Waals surface area contributed by atoms with Crippen LogP contribution in [0.25, 0.3) is 0 Å². The minimum absolute atomic E-state index is 0.0503. The number of benzene rings is 2. The van der Waals surface area contributed by atoms with Crippen LogP contribution in [0.3, 0.4) is 0 Å². The predicted octanol–water partition coefficient (Wildman–Crippen LogP) is 4.07. The number of ketones is 1. The number of ether oxygens (including phenoxy) is 2. The molecular weight excluding hydrogens is 278 g/mol. The molecule has 0 bridgehead atoms. The average Bonchev–Trinajstić information content (AvgIpc) is 2.55. The summed E-state index contributed by atoms with van der Waals surface area (Å²) in [5.41, 5.74) is 2.11. The summed E-state index contributed by atoms with van der Waals surface area (Å²) in [6.45, 7) is 1.84. The van der Waals surface area contributed by atoms with Gasteiger partial charge >= 0.3 is 0 Å². The summed E-state index contributed by atoms with van der Waals surface area (Å²) < 4.78 is 10.5. The van der Waals surface area contributed by atoms with Crippen molar-refractivity contribution in [3.05, 3.63) is 54.1 Å². The number of hydrogen-bond donors (Lipinski definition) is 0. The van der Waals surface area contributed by atoms with E-state index in [2.05, 4.69) is 4.99 Å². The molecule has 4 heteroatoms. The highest BCUT2D eigenvalue weighted by atomic mass is 16.5. The van der Waals surface area contributed by atoms with Crippen LogP contribution in [0, 0.1) is 0 Å². The third-order valence-corrected chi connectivity index (χ3v) is 3.21. The van der Waals surface area contributed by atoms with Gasteiger partial charge in [0.15, 0.2) is 5.78 Å². The van der Waals surface area contributed by atoms with Gasteiger partial charge in [0.05, 0.1) is 14.2 Å². The van der Waals surface area contributed by atoms with E-state index in [0.717, 1.165) is 5.71 Å². The van der Waals surface area contributed by atoms with E-state index in [1.54, 1.807) is 20.3 Å². The second-order valence-corrected chi connectivity index (χ2v) is 4.85. The molecule has 0 radical (unpaired) electrons. The van der Waals surface area contributed by atoms with Crippen LogP contribution in [0.4, 0.5) is 5.69 Å². The molecule has 0 aliphatic heterocycles. The van der Waals surface area contributed by atoms with Crippen LogP contribution in [0.2, 0.25) is 0 Å². The Kier molecular flexibility index (Phi) is 5.31. The Morgan fingerprint density at radius 1 is 1.05 bits per heavy atom. The van der Waals surface area contributed by atoms with Crippen LogP contribution in [0.1, 0.15) is 23.7 Å². The number of Topliss-reactive ketones (excluding diaryl/α,β-unsaturated/α-hetero) is 1. The van der Waals surface area contributed by atoms with Crippen molar-refractivity contribution in [3.8, 4) is 11.5 Å². The first-order valence-corrected chi connectivity index (χ1v) is 6.98. The van der Waals surface area contributed by atoms with Crippen LogP contribution < -0.4 is 9.47 Å². The summed E-state index contributed by atoms with van der Waals surface area (Å²) in [5, 5.41) is 0. The lowest BCUT2D eigenvalue weighted by Crippen LogP contribution is -2.05. The van der Waals surface area contributed by atoms with E-state index in [0.29, 0.717) is 22.7 Å². The molecule has 0 amide bonds. The molecule has 0 fully saturated rings. The van der Waals surface area contributed by atoms with E-state index in [1.807, 2.05) is 49.4 Å². The lowest BCUT2D eigenvalue weighted by molar-refractivity contribution is 0.100. The Labute approximate surface area is 130 Å². The number of hydrogen-bond acceptors (Lipinski definition) is 4. The van der Waals surface area contributed by atoms with E-state index in [4.69, 9.17) is 9.47 Å². The summed E-state index contributed by atoms with van der Waals surface area (Å²) in [6.07, 6.45) is 0.277. The van der Waals surface area contributed by atoms with Crippen molar-refractivity contribution in [1.29, 1.82) is 0 Å². The van der Waals surface area contributed by atoms with Gasteiger partial charge in [0.2, 0.25) is 0 Å². The van der Waals surface area contributed by atoms with Gasteiger partial charge in [0, 0.05) is 23.8 Å². The molecule has 0 heterocycles. The van der Waals surface area contributed by atoms with Crippen molar-refractivity contribution >= 4 is 17.2 Å². The molecule has 0 unspecified atom stereocenters. The Morgan fingerprint density at radius 3 is 2.41 bits per heavy atom. The molecule has 0 aromatic heterocycles. The maximum absolute atomic E-state index is 12.2. The van der Waals surface area contributed by atoms with Crippen LogP contribution in [-0.4, -0.2) is 25.7 Å². The maximum atomic E-state index is 12.2. The highest BCUT2D eigenvalue weighted by molar-refractivity contribution is 6.09. The molecule has 0 saturated carbocycles. The van der Waals surface area contributed by atoms with Gasteiger partial charge in [-0.1, -0.05) is 30.3 Å². The van der Waals surface area contributed by atoms with E-state index < -0.39 is 0 Å². The Balaban J connectivity index is 2.17. The smallest absolute Gasteiger partial charge is 0.168 e. The normalized spacial score (nSPS) is 11.1. The van der Waals surface area contributed by atoms with Gasteiger partial charge in [-0.15, -0.1) is 0 Å². The van der Waals surface area contributed by atoms with Crippen molar-refractivity contribution in [2.75, 3.05) is 14.2 Å². The molecule has 0 aliphatic carbocycles. The Hall–Kier alpha value is -2.62. The molecule has 2 aromatic carbocycles. The minimum Gasteiger partial charge on any atom is -0.497 e. The molecule has 0 N–H and O–H groups in total. The second kappa shape index (κ2) is 7.41. The van der Waals surface area contributed by atoms with Crippen LogP contribution in [-0.2, 0) is 0 Å². The molecule has 0 atom stereocenters. The van der Waals surface area contributed by atoms with Crippen molar-refractivity contribution < 1.29 is 14.3 Å². The van der Waals surface area contributed by atoms with E-state index >= 15 is 0 Å². The summed E-state index contributed by atoms with van der Waals surface area (Å²) in [6, 6.07) is 14.6. The summed E-state index contributed by atoms with van der Waals surface area (Å²) in [5.74, 6) is 1.37. The van der Waals surface area contributed by atoms with Crippen molar-refractivity contribution in [2.24, 2.45) is 4.99 Å². The zero-order valence-corrected chi connectivity index (χ0v) is 13.0.